The quantitative estimate of drug-likeness (QED) is 0.737. The first kappa shape index (κ1) is 14.4. The first-order chi connectivity index (χ1) is 10.6. The highest BCUT2D eigenvalue weighted by atomic mass is 16.3. The fraction of sp³-hybridized carbons (Fsp3) is 0.235. The van der Waals surface area contributed by atoms with Gasteiger partial charge in [0.1, 0.15) is 5.65 Å². The highest BCUT2D eigenvalue weighted by Gasteiger charge is 2.11. The third kappa shape index (κ3) is 2.40. The molecule has 112 valence electrons. The highest BCUT2D eigenvalue weighted by Crippen LogP contribution is 2.27. The number of azo groups is 1. The van der Waals surface area contributed by atoms with Gasteiger partial charge in [0.2, 0.25) is 0 Å². The Hall–Kier alpha value is -2.53. The van der Waals surface area contributed by atoms with Crippen LogP contribution in [0.25, 0.3) is 5.65 Å². The van der Waals surface area contributed by atoms with Gasteiger partial charge in [-0.15, -0.1) is 10.2 Å². The van der Waals surface area contributed by atoms with Crippen LogP contribution in [0.15, 0.2) is 46.8 Å². The molecular weight excluding hydrogens is 276 g/mol. The van der Waals surface area contributed by atoms with Crippen molar-refractivity contribution < 1.29 is 5.11 Å². The van der Waals surface area contributed by atoms with Crippen molar-refractivity contribution in [3.8, 4) is 0 Å². The number of hydrogen-bond donors (Lipinski definition) is 1. The van der Waals surface area contributed by atoms with Crippen LogP contribution in [-0.4, -0.2) is 14.5 Å². The Kier molecular flexibility index (Phi) is 3.73. The van der Waals surface area contributed by atoms with Crippen molar-refractivity contribution in [1.29, 1.82) is 0 Å². The molecule has 0 unspecified atom stereocenters. The molecule has 0 amide bonds. The monoisotopic (exact) mass is 294 g/mol. The smallest absolute Gasteiger partial charge is 0.182 e. The molecular formula is C17H18N4O. The topological polar surface area (TPSA) is 62.2 Å². The molecule has 5 nitrogen and oxygen atoms in total. The predicted molar refractivity (Wildman–Crippen MR) is 85.9 cm³/mol. The minimum absolute atomic E-state index is 0.0473. The molecule has 22 heavy (non-hydrogen) atoms. The summed E-state index contributed by atoms with van der Waals surface area (Å²) in [4.78, 5) is 4.49. The van der Waals surface area contributed by atoms with E-state index in [-0.39, 0.29) is 6.61 Å². The highest BCUT2D eigenvalue weighted by molar-refractivity contribution is 5.57. The lowest BCUT2D eigenvalue weighted by Gasteiger charge is -2.03. The maximum atomic E-state index is 9.40. The molecule has 0 radical (unpaired) electrons. The number of pyridine rings is 1. The maximum Gasteiger partial charge on any atom is 0.182 e. The summed E-state index contributed by atoms with van der Waals surface area (Å²) in [7, 11) is 0. The van der Waals surface area contributed by atoms with Gasteiger partial charge in [-0.25, -0.2) is 4.98 Å². The van der Waals surface area contributed by atoms with E-state index >= 15 is 0 Å². The van der Waals surface area contributed by atoms with Crippen molar-refractivity contribution in [2.24, 2.45) is 10.2 Å². The van der Waals surface area contributed by atoms with Crippen molar-refractivity contribution in [2.45, 2.75) is 27.4 Å². The van der Waals surface area contributed by atoms with Crippen LogP contribution in [0, 0.1) is 20.8 Å². The molecule has 0 saturated heterocycles. The van der Waals surface area contributed by atoms with Crippen LogP contribution in [0.4, 0.5) is 11.5 Å². The Morgan fingerprint density at radius 1 is 1.09 bits per heavy atom. The molecule has 0 atom stereocenters. The van der Waals surface area contributed by atoms with Gasteiger partial charge in [-0.2, -0.15) is 0 Å². The second kappa shape index (κ2) is 5.69. The van der Waals surface area contributed by atoms with E-state index < -0.39 is 0 Å². The van der Waals surface area contributed by atoms with Crippen molar-refractivity contribution in [1.82, 2.24) is 9.38 Å². The zero-order chi connectivity index (χ0) is 15.7. The average molecular weight is 294 g/mol. The van der Waals surface area contributed by atoms with E-state index in [1.165, 1.54) is 5.56 Å². The van der Waals surface area contributed by atoms with E-state index in [2.05, 4.69) is 28.2 Å². The number of rotatable bonds is 3. The number of aryl methyl sites for hydroxylation is 2. The number of aromatic nitrogens is 2. The van der Waals surface area contributed by atoms with Gasteiger partial charge in [-0.3, -0.25) is 4.40 Å². The van der Waals surface area contributed by atoms with Crippen LogP contribution in [0.5, 0.6) is 0 Å². The van der Waals surface area contributed by atoms with Gasteiger partial charge in [0.15, 0.2) is 5.82 Å². The molecule has 0 saturated carbocycles. The molecule has 0 spiro atoms. The lowest BCUT2D eigenvalue weighted by molar-refractivity contribution is 0.282. The standard InChI is InChI=1S/C17H18N4O/c1-11-6-4-8-15(12(11)2)19-20-16-13(3)18-17-14(10-22)7-5-9-21(16)17/h4-9,22H,10H2,1-3H3. The van der Waals surface area contributed by atoms with Gasteiger partial charge < -0.3 is 5.11 Å². The van der Waals surface area contributed by atoms with Crippen LogP contribution in [0.2, 0.25) is 0 Å². The Morgan fingerprint density at radius 2 is 1.91 bits per heavy atom. The zero-order valence-electron chi connectivity index (χ0n) is 12.9. The summed E-state index contributed by atoms with van der Waals surface area (Å²) in [6, 6.07) is 9.71. The van der Waals surface area contributed by atoms with E-state index in [0.717, 1.165) is 28.2 Å². The van der Waals surface area contributed by atoms with Crippen molar-refractivity contribution in [3.63, 3.8) is 0 Å². The Bertz CT molecular complexity index is 864. The minimum Gasteiger partial charge on any atom is -0.392 e. The fourth-order valence-electron chi connectivity index (χ4n) is 2.41. The van der Waals surface area contributed by atoms with Crippen LogP contribution >= 0.6 is 0 Å². The molecule has 1 N–H and O–H groups in total. The van der Waals surface area contributed by atoms with Crippen molar-refractivity contribution >= 4 is 17.2 Å². The molecule has 1 aromatic carbocycles. The Balaban J connectivity index is 2.09. The molecule has 0 aliphatic rings. The molecule has 0 bridgehead atoms. The van der Waals surface area contributed by atoms with Gasteiger partial charge >= 0.3 is 0 Å². The fourth-order valence-corrected chi connectivity index (χ4v) is 2.41. The number of aliphatic hydroxyl groups is 1. The van der Waals surface area contributed by atoms with Crippen LogP contribution in [0.3, 0.4) is 0 Å². The van der Waals surface area contributed by atoms with Crippen LogP contribution in [0.1, 0.15) is 22.4 Å². The number of imidazole rings is 1. The number of hydrogen-bond acceptors (Lipinski definition) is 4. The van der Waals surface area contributed by atoms with E-state index in [1.54, 1.807) is 0 Å². The lowest BCUT2D eigenvalue weighted by Crippen LogP contribution is -1.90. The van der Waals surface area contributed by atoms with Gasteiger partial charge in [-0.05, 0) is 44.0 Å². The SMILES string of the molecule is Cc1cccc(N=Nc2c(C)nc3c(CO)cccn23)c1C. The molecule has 3 rings (SSSR count). The molecule has 2 aromatic heterocycles. The second-order valence-corrected chi connectivity index (χ2v) is 5.33. The summed E-state index contributed by atoms with van der Waals surface area (Å²) in [5.74, 6) is 0.686. The summed E-state index contributed by atoms with van der Waals surface area (Å²) in [6.45, 7) is 5.94. The summed E-state index contributed by atoms with van der Waals surface area (Å²) in [5, 5.41) is 18.2. The summed E-state index contributed by atoms with van der Waals surface area (Å²) in [5.41, 5.74) is 5.45. The van der Waals surface area contributed by atoms with E-state index in [1.807, 2.05) is 48.7 Å². The van der Waals surface area contributed by atoms with Gasteiger partial charge in [0.05, 0.1) is 18.0 Å². The van der Waals surface area contributed by atoms with Crippen LogP contribution in [-0.2, 0) is 6.61 Å². The second-order valence-electron chi connectivity index (χ2n) is 5.33. The van der Waals surface area contributed by atoms with E-state index in [9.17, 15) is 5.11 Å². The minimum atomic E-state index is -0.0473. The zero-order valence-corrected chi connectivity index (χ0v) is 12.9. The molecule has 0 fully saturated rings. The third-order valence-electron chi connectivity index (χ3n) is 3.87. The first-order valence-electron chi connectivity index (χ1n) is 7.17. The largest absolute Gasteiger partial charge is 0.392 e. The number of nitrogens with zero attached hydrogens (tertiary/aromatic N) is 4. The van der Waals surface area contributed by atoms with E-state index in [4.69, 9.17) is 0 Å². The van der Waals surface area contributed by atoms with Gasteiger partial charge in [-0.1, -0.05) is 18.2 Å². The number of benzene rings is 1. The normalized spacial score (nSPS) is 11.6. The lowest BCUT2D eigenvalue weighted by atomic mass is 10.1. The molecule has 0 aliphatic carbocycles. The number of fused-ring (bicyclic) bond motifs is 1. The van der Waals surface area contributed by atoms with Crippen molar-refractivity contribution in [3.05, 3.63) is 58.9 Å². The Labute approximate surface area is 129 Å². The summed E-state index contributed by atoms with van der Waals surface area (Å²) in [6.07, 6.45) is 1.88. The third-order valence-corrected chi connectivity index (χ3v) is 3.87. The molecule has 2 heterocycles. The van der Waals surface area contributed by atoms with Crippen LogP contribution < -0.4 is 0 Å². The predicted octanol–water partition coefficient (Wildman–Crippen LogP) is 4.17. The summed E-state index contributed by atoms with van der Waals surface area (Å²) >= 11 is 0. The Morgan fingerprint density at radius 3 is 2.68 bits per heavy atom. The van der Waals surface area contributed by atoms with Gasteiger partial charge in [0, 0.05) is 11.8 Å². The molecule has 3 aromatic rings. The van der Waals surface area contributed by atoms with Crippen molar-refractivity contribution in [2.75, 3.05) is 0 Å². The average Bonchev–Trinajstić information content (AvgIpc) is 2.84. The first-order valence-corrected chi connectivity index (χ1v) is 7.17. The molecule has 5 heteroatoms. The van der Waals surface area contributed by atoms with Gasteiger partial charge in [0.25, 0.3) is 0 Å². The van der Waals surface area contributed by atoms with E-state index in [0.29, 0.717) is 5.82 Å². The summed E-state index contributed by atoms with van der Waals surface area (Å²) < 4.78 is 1.86. The number of aliphatic hydroxyl groups excluding tert-OH is 1. The maximum absolute atomic E-state index is 9.40. The molecule has 0 aliphatic heterocycles.